The Morgan fingerprint density at radius 3 is 1.83 bits per heavy atom. The van der Waals surface area contributed by atoms with Gasteiger partial charge in [0, 0.05) is 0 Å². The van der Waals surface area contributed by atoms with Gasteiger partial charge in [-0.05, 0) is 31.1 Å². The molecule has 0 saturated carbocycles. The van der Waals surface area contributed by atoms with Crippen LogP contribution in [0.3, 0.4) is 0 Å². The number of rotatable bonds is 4. The van der Waals surface area contributed by atoms with E-state index in [0.29, 0.717) is 18.3 Å². The normalized spacial score (nSPS) is 22.0. The predicted molar refractivity (Wildman–Crippen MR) is 53.0 cm³/mol. The Kier molecular flexibility index (Phi) is 4.22. The lowest BCUT2D eigenvalue weighted by molar-refractivity contribution is 0.0579. The first-order valence-corrected chi connectivity index (χ1v) is 5.01. The van der Waals surface area contributed by atoms with Crippen LogP contribution in [-0.2, 0) is 0 Å². The molecule has 3 unspecified atom stereocenters. The van der Waals surface area contributed by atoms with Gasteiger partial charge in [0.2, 0.25) is 0 Å². The molecule has 0 radical (unpaired) electrons. The SMILES string of the molecule is CCC(C)(F)C(C)C(C)C(C)C. The summed E-state index contributed by atoms with van der Waals surface area (Å²) in [5.74, 6) is 1.18. The third kappa shape index (κ3) is 2.76. The minimum Gasteiger partial charge on any atom is -0.244 e. The van der Waals surface area contributed by atoms with E-state index in [-0.39, 0.29) is 5.92 Å². The number of hydrogen-bond donors (Lipinski definition) is 0. The molecule has 0 aromatic carbocycles. The number of hydrogen-bond acceptors (Lipinski definition) is 0. The van der Waals surface area contributed by atoms with Crippen molar-refractivity contribution in [2.45, 2.75) is 53.6 Å². The van der Waals surface area contributed by atoms with Crippen molar-refractivity contribution < 1.29 is 4.39 Å². The fraction of sp³-hybridized carbons (Fsp3) is 1.00. The molecule has 0 fully saturated rings. The van der Waals surface area contributed by atoms with Gasteiger partial charge < -0.3 is 0 Å². The van der Waals surface area contributed by atoms with Crippen molar-refractivity contribution in [3.63, 3.8) is 0 Å². The van der Waals surface area contributed by atoms with Gasteiger partial charge in [0.05, 0.1) is 0 Å². The molecule has 0 nitrogen and oxygen atoms in total. The second-order valence-corrected chi connectivity index (χ2v) is 4.52. The molecular weight excluding hydrogens is 151 g/mol. The summed E-state index contributed by atoms with van der Waals surface area (Å²) < 4.78 is 13.8. The van der Waals surface area contributed by atoms with Gasteiger partial charge in [-0.2, -0.15) is 0 Å². The van der Waals surface area contributed by atoms with E-state index in [0.717, 1.165) is 0 Å². The van der Waals surface area contributed by atoms with Gasteiger partial charge in [-0.1, -0.05) is 34.6 Å². The first-order chi connectivity index (χ1) is 5.33. The van der Waals surface area contributed by atoms with E-state index in [1.165, 1.54) is 0 Å². The van der Waals surface area contributed by atoms with E-state index >= 15 is 0 Å². The van der Waals surface area contributed by atoms with E-state index in [1.807, 2.05) is 13.8 Å². The van der Waals surface area contributed by atoms with Crippen LogP contribution >= 0.6 is 0 Å². The highest BCUT2D eigenvalue weighted by Crippen LogP contribution is 2.34. The van der Waals surface area contributed by atoms with Gasteiger partial charge in [0.1, 0.15) is 5.67 Å². The first-order valence-electron chi connectivity index (χ1n) is 5.01. The molecule has 0 bridgehead atoms. The van der Waals surface area contributed by atoms with Crippen molar-refractivity contribution in [1.82, 2.24) is 0 Å². The molecule has 3 atom stereocenters. The second-order valence-electron chi connectivity index (χ2n) is 4.52. The summed E-state index contributed by atoms with van der Waals surface area (Å²) in [5, 5.41) is 0. The van der Waals surface area contributed by atoms with Crippen LogP contribution in [0.15, 0.2) is 0 Å². The maximum atomic E-state index is 13.8. The summed E-state index contributed by atoms with van der Waals surface area (Å²) in [6.45, 7) is 12.1. The molecule has 1 heteroatoms. The van der Waals surface area contributed by atoms with Gasteiger partial charge in [-0.3, -0.25) is 0 Å². The summed E-state index contributed by atoms with van der Waals surface area (Å²) >= 11 is 0. The molecule has 0 aliphatic carbocycles. The van der Waals surface area contributed by atoms with E-state index in [9.17, 15) is 4.39 Å². The van der Waals surface area contributed by atoms with Gasteiger partial charge in [0.25, 0.3) is 0 Å². The molecule has 0 aromatic heterocycles. The third-order valence-corrected chi connectivity index (χ3v) is 3.48. The van der Waals surface area contributed by atoms with Crippen LogP contribution < -0.4 is 0 Å². The molecule has 74 valence electrons. The molecule has 0 rings (SSSR count). The summed E-state index contributed by atoms with van der Waals surface area (Å²) in [6, 6.07) is 0. The van der Waals surface area contributed by atoms with E-state index in [4.69, 9.17) is 0 Å². The standard InChI is InChI=1S/C11H23F/c1-7-11(6,12)10(5)9(4)8(2)3/h8-10H,7H2,1-6H3. The fourth-order valence-corrected chi connectivity index (χ4v) is 1.45. The van der Waals surface area contributed by atoms with Crippen LogP contribution in [0, 0.1) is 17.8 Å². The molecule has 0 heterocycles. The van der Waals surface area contributed by atoms with Crippen LogP contribution in [-0.4, -0.2) is 5.67 Å². The van der Waals surface area contributed by atoms with E-state index < -0.39 is 5.67 Å². The average Bonchev–Trinajstić information content (AvgIpc) is 2.01. The smallest absolute Gasteiger partial charge is 0.110 e. The summed E-state index contributed by atoms with van der Waals surface area (Å²) in [6.07, 6.45) is 0.616. The molecule has 0 spiro atoms. The lowest BCUT2D eigenvalue weighted by Crippen LogP contribution is -2.33. The van der Waals surface area contributed by atoms with Crippen molar-refractivity contribution in [3.05, 3.63) is 0 Å². The third-order valence-electron chi connectivity index (χ3n) is 3.48. The van der Waals surface area contributed by atoms with Crippen LogP contribution in [0.4, 0.5) is 4.39 Å². The highest BCUT2D eigenvalue weighted by atomic mass is 19.1. The van der Waals surface area contributed by atoms with Crippen LogP contribution in [0.5, 0.6) is 0 Å². The minimum absolute atomic E-state index is 0.155. The number of halogens is 1. The Morgan fingerprint density at radius 1 is 1.17 bits per heavy atom. The zero-order valence-corrected chi connectivity index (χ0v) is 9.32. The van der Waals surface area contributed by atoms with Crippen molar-refractivity contribution in [1.29, 1.82) is 0 Å². The molecule has 0 amide bonds. The average molecular weight is 174 g/mol. The summed E-state index contributed by atoms with van der Waals surface area (Å²) in [5.41, 5.74) is -0.996. The van der Waals surface area contributed by atoms with Crippen LogP contribution in [0.1, 0.15) is 48.0 Å². The van der Waals surface area contributed by atoms with E-state index in [1.54, 1.807) is 6.92 Å². The largest absolute Gasteiger partial charge is 0.244 e. The topological polar surface area (TPSA) is 0 Å². The minimum atomic E-state index is -0.996. The quantitative estimate of drug-likeness (QED) is 0.603. The highest BCUT2D eigenvalue weighted by molar-refractivity contribution is 4.82. The Morgan fingerprint density at radius 2 is 1.58 bits per heavy atom. The van der Waals surface area contributed by atoms with Crippen molar-refractivity contribution in [2.24, 2.45) is 17.8 Å². The Bertz CT molecular complexity index is 127. The predicted octanol–water partition coefficient (Wildman–Crippen LogP) is 4.05. The maximum absolute atomic E-state index is 13.8. The fourth-order valence-electron chi connectivity index (χ4n) is 1.45. The van der Waals surface area contributed by atoms with Crippen LogP contribution in [0.25, 0.3) is 0 Å². The first kappa shape index (κ1) is 11.9. The van der Waals surface area contributed by atoms with Crippen molar-refractivity contribution in [2.75, 3.05) is 0 Å². The molecule has 0 aliphatic heterocycles. The lowest BCUT2D eigenvalue weighted by Gasteiger charge is -2.33. The monoisotopic (exact) mass is 174 g/mol. The molecule has 0 aliphatic rings. The molecule has 0 N–H and O–H groups in total. The second kappa shape index (κ2) is 4.25. The van der Waals surface area contributed by atoms with Crippen LogP contribution in [0.2, 0.25) is 0 Å². The number of alkyl halides is 1. The lowest BCUT2D eigenvalue weighted by atomic mass is 9.76. The molecule has 12 heavy (non-hydrogen) atoms. The molecule has 0 aromatic rings. The van der Waals surface area contributed by atoms with Gasteiger partial charge >= 0.3 is 0 Å². The Hall–Kier alpha value is -0.0700. The molecular formula is C11H23F. The zero-order chi connectivity index (χ0) is 9.94. The Balaban J connectivity index is 4.27. The highest BCUT2D eigenvalue weighted by Gasteiger charge is 2.33. The maximum Gasteiger partial charge on any atom is 0.110 e. The molecule has 0 saturated heterocycles. The van der Waals surface area contributed by atoms with Gasteiger partial charge in [-0.15, -0.1) is 0 Å². The Labute approximate surface area is 76.6 Å². The van der Waals surface area contributed by atoms with Crippen molar-refractivity contribution in [3.8, 4) is 0 Å². The summed E-state index contributed by atoms with van der Waals surface area (Å²) in [7, 11) is 0. The van der Waals surface area contributed by atoms with Gasteiger partial charge in [0.15, 0.2) is 0 Å². The van der Waals surface area contributed by atoms with E-state index in [2.05, 4.69) is 20.8 Å². The summed E-state index contributed by atoms with van der Waals surface area (Å²) in [4.78, 5) is 0. The van der Waals surface area contributed by atoms with Crippen molar-refractivity contribution >= 4 is 0 Å². The van der Waals surface area contributed by atoms with Gasteiger partial charge in [-0.25, -0.2) is 4.39 Å². The zero-order valence-electron chi connectivity index (χ0n) is 9.32.